The number of nitrogens with two attached hydrogens (primary N) is 1. The lowest BCUT2D eigenvalue weighted by Crippen LogP contribution is -2.44. The number of rotatable bonds is 5. The minimum Gasteiger partial charge on any atom is -0.369 e. The minimum absolute atomic E-state index is 0.109. The van der Waals surface area contributed by atoms with Crippen LogP contribution in [0, 0.1) is 5.41 Å². The molecule has 0 spiro atoms. The van der Waals surface area contributed by atoms with Gasteiger partial charge in [0.15, 0.2) is 0 Å². The number of amides is 2. The van der Waals surface area contributed by atoms with Gasteiger partial charge in [-0.3, -0.25) is 9.59 Å². The molecule has 2 amide bonds. The van der Waals surface area contributed by atoms with Crippen molar-refractivity contribution in [3.63, 3.8) is 0 Å². The molecule has 0 saturated carbocycles. The molecule has 0 saturated heterocycles. The van der Waals surface area contributed by atoms with Gasteiger partial charge < -0.3 is 11.1 Å². The zero-order chi connectivity index (χ0) is 11.4. The van der Waals surface area contributed by atoms with Gasteiger partial charge in [-0.25, -0.2) is 0 Å². The van der Waals surface area contributed by atoms with E-state index in [-0.39, 0.29) is 17.3 Å². The first-order valence-electron chi connectivity index (χ1n) is 4.53. The molecule has 0 aliphatic rings. The molecule has 0 rings (SSSR count). The van der Waals surface area contributed by atoms with Crippen molar-refractivity contribution in [3.8, 4) is 0 Å². The van der Waals surface area contributed by atoms with Gasteiger partial charge >= 0.3 is 0 Å². The highest BCUT2D eigenvalue weighted by atomic mass is 79.9. The molecule has 0 aliphatic heterocycles. The third kappa shape index (κ3) is 4.09. The molecule has 0 heterocycles. The number of primary amides is 1. The molecule has 0 radical (unpaired) electrons. The molecular weight excluding hydrogens is 248 g/mol. The van der Waals surface area contributed by atoms with Gasteiger partial charge in [-0.2, -0.15) is 0 Å². The third-order valence-electron chi connectivity index (χ3n) is 2.01. The fraction of sp³-hybridized carbons (Fsp3) is 0.778. The number of halogens is 1. The van der Waals surface area contributed by atoms with Crippen molar-refractivity contribution < 1.29 is 9.59 Å². The zero-order valence-corrected chi connectivity index (χ0v) is 10.3. The second kappa shape index (κ2) is 5.34. The Balaban J connectivity index is 4.06. The standard InChI is InChI=1S/C9H17BrN2O2/c1-4-6(10)7(13)12-5-9(2,3)8(11)14/h6H,4-5H2,1-3H3,(H2,11,14)(H,12,13). The van der Waals surface area contributed by atoms with Crippen LogP contribution < -0.4 is 11.1 Å². The predicted octanol–water partition coefficient (Wildman–Crippen LogP) is 0.788. The average molecular weight is 265 g/mol. The van der Waals surface area contributed by atoms with Crippen LogP contribution in [0.25, 0.3) is 0 Å². The first-order valence-corrected chi connectivity index (χ1v) is 5.44. The summed E-state index contributed by atoms with van der Waals surface area (Å²) in [6.07, 6.45) is 0.711. The Morgan fingerprint density at radius 1 is 1.50 bits per heavy atom. The molecule has 1 unspecified atom stereocenters. The van der Waals surface area contributed by atoms with Crippen LogP contribution in [0.4, 0.5) is 0 Å². The molecule has 0 aromatic heterocycles. The van der Waals surface area contributed by atoms with Crippen LogP contribution in [0.2, 0.25) is 0 Å². The Hall–Kier alpha value is -0.580. The molecule has 14 heavy (non-hydrogen) atoms. The highest BCUT2D eigenvalue weighted by molar-refractivity contribution is 9.10. The first-order chi connectivity index (χ1) is 6.31. The fourth-order valence-electron chi connectivity index (χ4n) is 0.691. The highest BCUT2D eigenvalue weighted by Gasteiger charge is 2.26. The number of hydrogen-bond acceptors (Lipinski definition) is 2. The van der Waals surface area contributed by atoms with E-state index in [0.717, 1.165) is 0 Å². The van der Waals surface area contributed by atoms with Gasteiger partial charge in [0.1, 0.15) is 0 Å². The van der Waals surface area contributed by atoms with Gasteiger partial charge in [-0.15, -0.1) is 0 Å². The van der Waals surface area contributed by atoms with Gasteiger partial charge in [0, 0.05) is 6.54 Å². The van der Waals surface area contributed by atoms with E-state index in [1.54, 1.807) is 13.8 Å². The number of carbonyl (C=O) groups excluding carboxylic acids is 2. The van der Waals surface area contributed by atoms with E-state index >= 15 is 0 Å². The van der Waals surface area contributed by atoms with Gasteiger partial charge in [0.05, 0.1) is 10.2 Å². The van der Waals surface area contributed by atoms with Crippen molar-refractivity contribution in [3.05, 3.63) is 0 Å². The normalized spacial score (nSPS) is 13.4. The summed E-state index contributed by atoms with van der Waals surface area (Å²) in [4.78, 5) is 22.1. The van der Waals surface area contributed by atoms with Gasteiger partial charge in [0.25, 0.3) is 0 Å². The lowest BCUT2D eigenvalue weighted by molar-refractivity contribution is -0.126. The van der Waals surface area contributed by atoms with Crippen LogP contribution in [0.5, 0.6) is 0 Å². The summed E-state index contributed by atoms with van der Waals surface area (Å²) in [6.45, 7) is 5.57. The fourth-order valence-corrected chi connectivity index (χ4v) is 0.853. The lowest BCUT2D eigenvalue weighted by atomic mass is 9.93. The number of hydrogen-bond donors (Lipinski definition) is 2. The van der Waals surface area contributed by atoms with E-state index in [4.69, 9.17) is 5.73 Å². The molecule has 5 heteroatoms. The van der Waals surface area contributed by atoms with Crippen molar-refractivity contribution in [2.24, 2.45) is 11.1 Å². The quantitative estimate of drug-likeness (QED) is 0.721. The molecule has 0 fully saturated rings. The Morgan fingerprint density at radius 3 is 2.36 bits per heavy atom. The summed E-state index contributed by atoms with van der Waals surface area (Å²) >= 11 is 3.22. The van der Waals surface area contributed by atoms with Crippen LogP contribution in [0.3, 0.4) is 0 Å². The van der Waals surface area contributed by atoms with E-state index in [0.29, 0.717) is 6.42 Å². The summed E-state index contributed by atoms with van der Waals surface area (Å²) in [5.74, 6) is -0.526. The predicted molar refractivity (Wildman–Crippen MR) is 59.0 cm³/mol. The largest absolute Gasteiger partial charge is 0.369 e. The lowest BCUT2D eigenvalue weighted by Gasteiger charge is -2.21. The Bertz CT molecular complexity index is 229. The van der Waals surface area contributed by atoms with Crippen LogP contribution in [-0.2, 0) is 9.59 Å². The molecule has 0 aromatic carbocycles. The first kappa shape index (κ1) is 13.4. The van der Waals surface area contributed by atoms with E-state index in [9.17, 15) is 9.59 Å². The maximum atomic E-state index is 11.3. The molecule has 0 bridgehead atoms. The number of nitrogens with one attached hydrogen (secondary N) is 1. The summed E-state index contributed by atoms with van der Waals surface area (Å²) in [7, 11) is 0. The summed E-state index contributed by atoms with van der Waals surface area (Å²) in [5, 5.41) is 2.67. The maximum Gasteiger partial charge on any atom is 0.233 e. The molecule has 4 nitrogen and oxygen atoms in total. The van der Waals surface area contributed by atoms with E-state index in [1.165, 1.54) is 0 Å². The van der Waals surface area contributed by atoms with Gasteiger partial charge in [-0.1, -0.05) is 22.9 Å². The molecule has 1 atom stereocenters. The Labute approximate surface area is 92.7 Å². The SMILES string of the molecule is CCC(Br)C(=O)NCC(C)(C)C(N)=O. The van der Waals surface area contributed by atoms with Crippen LogP contribution >= 0.6 is 15.9 Å². The van der Waals surface area contributed by atoms with Gasteiger partial charge in [0.2, 0.25) is 11.8 Å². The second-order valence-electron chi connectivity index (χ2n) is 3.84. The van der Waals surface area contributed by atoms with E-state index in [1.807, 2.05) is 6.92 Å². The van der Waals surface area contributed by atoms with Crippen LogP contribution in [0.15, 0.2) is 0 Å². The molecular formula is C9H17BrN2O2. The highest BCUT2D eigenvalue weighted by Crippen LogP contribution is 2.12. The molecule has 3 N–H and O–H groups in total. The molecule has 0 aliphatic carbocycles. The second-order valence-corrected chi connectivity index (χ2v) is 4.95. The number of alkyl halides is 1. The maximum absolute atomic E-state index is 11.3. The van der Waals surface area contributed by atoms with Crippen molar-refractivity contribution in [1.29, 1.82) is 0 Å². The van der Waals surface area contributed by atoms with Crippen molar-refractivity contribution in [2.45, 2.75) is 32.0 Å². The average Bonchev–Trinajstić information content (AvgIpc) is 2.12. The smallest absolute Gasteiger partial charge is 0.233 e. The summed E-state index contributed by atoms with van der Waals surface area (Å²) in [6, 6.07) is 0. The van der Waals surface area contributed by atoms with Crippen molar-refractivity contribution >= 4 is 27.7 Å². The summed E-state index contributed by atoms with van der Waals surface area (Å²) in [5.41, 5.74) is 4.46. The van der Waals surface area contributed by atoms with E-state index in [2.05, 4.69) is 21.2 Å². The summed E-state index contributed by atoms with van der Waals surface area (Å²) < 4.78 is 0. The molecule has 82 valence electrons. The Morgan fingerprint density at radius 2 is 2.00 bits per heavy atom. The zero-order valence-electron chi connectivity index (χ0n) is 8.76. The van der Waals surface area contributed by atoms with Crippen LogP contribution in [0.1, 0.15) is 27.2 Å². The molecule has 0 aromatic rings. The van der Waals surface area contributed by atoms with E-state index < -0.39 is 11.3 Å². The third-order valence-corrected chi connectivity index (χ3v) is 3.08. The van der Waals surface area contributed by atoms with Gasteiger partial charge in [-0.05, 0) is 20.3 Å². The topological polar surface area (TPSA) is 72.2 Å². The Kier molecular flexibility index (Phi) is 5.12. The van der Waals surface area contributed by atoms with Crippen molar-refractivity contribution in [2.75, 3.05) is 6.54 Å². The number of carbonyl (C=O) groups is 2. The van der Waals surface area contributed by atoms with Crippen molar-refractivity contribution in [1.82, 2.24) is 5.32 Å². The monoisotopic (exact) mass is 264 g/mol. The minimum atomic E-state index is -0.698. The van der Waals surface area contributed by atoms with Crippen LogP contribution in [-0.4, -0.2) is 23.2 Å².